The Morgan fingerprint density at radius 1 is 1.27 bits per heavy atom. The summed E-state index contributed by atoms with van der Waals surface area (Å²) < 4.78 is 5.33. The average molecular weight is 410 g/mol. The van der Waals surface area contributed by atoms with E-state index < -0.39 is 5.91 Å². The van der Waals surface area contributed by atoms with Crippen molar-refractivity contribution in [3.63, 3.8) is 0 Å². The number of carbonyl (C=O) groups is 1. The molecule has 0 bridgehead atoms. The van der Waals surface area contributed by atoms with Crippen LogP contribution in [-0.2, 0) is 0 Å². The summed E-state index contributed by atoms with van der Waals surface area (Å²) in [6, 6.07) is 5.60. The average Bonchev–Trinajstić information content (AvgIpc) is 2.74. The lowest BCUT2D eigenvalue weighted by Crippen LogP contribution is -2.24. The van der Waals surface area contributed by atoms with Gasteiger partial charge in [0.25, 0.3) is 5.91 Å². The maximum atomic E-state index is 11.9. The number of primary amides is 1. The van der Waals surface area contributed by atoms with Gasteiger partial charge in [0.2, 0.25) is 5.95 Å². The zero-order chi connectivity index (χ0) is 21.3. The SMILES string of the molecule is COc1cc(N/N=C\C=N)cc(Nc2nc(NC3CCCCC3)ncc2C(N)=O)c1. The molecule has 1 aromatic carbocycles. The lowest BCUT2D eigenvalue weighted by atomic mass is 9.96. The van der Waals surface area contributed by atoms with E-state index in [4.69, 9.17) is 15.9 Å². The van der Waals surface area contributed by atoms with Crippen molar-refractivity contribution in [2.24, 2.45) is 10.8 Å². The third kappa shape index (κ3) is 5.66. The lowest BCUT2D eigenvalue weighted by Gasteiger charge is -2.23. The van der Waals surface area contributed by atoms with E-state index in [9.17, 15) is 4.79 Å². The fourth-order valence-corrected chi connectivity index (χ4v) is 3.30. The molecule has 2 aromatic rings. The number of hydrazone groups is 1. The van der Waals surface area contributed by atoms with E-state index >= 15 is 0 Å². The minimum atomic E-state index is -0.626. The van der Waals surface area contributed by atoms with Gasteiger partial charge in [0.1, 0.15) is 17.1 Å². The van der Waals surface area contributed by atoms with E-state index in [0.717, 1.165) is 19.1 Å². The van der Waals surface area contributed by atoms with Crippen molar-refractivity contribution in [1.29, 1.82) is 5.41 Å². The molecule has 10 nitrogen and oxygen atoms in total. The molecule has 1 heterocycles. The molecule has 158 valence electrons. The number of nitrogens with two attached hydrogens (primary N) is 1. The molecule has 0 aliphatic heterocycles. The van der Waals surface area contributed by atoms with Crippen molar-refractivity contribution >= 4 is 41.5 Å². The maximum Gasteiger partial charge on any atom is 0.254 e. The second-order valence-corrected chi connectivity index (χ2v) is 6.93. The third-order valence-corrected chi connectivity index (χ3v) is 4.74. The molecule has 0 saturated heterocycles. The molecule has 1 saturated carbocycles. The number of hydrogen-bond donors (Lipinski definition) is 5. The highest BCUT2D eigenvalue weighted by Crippen LogP contribution is 2.28. The zero-order valence-corrected chi connectivity index (χ0v) is 16.8. The quantitative estimate of drug-likeness (QED) is 0.315. The Morgan fingerprint density at radius 3 is 2.73 bits per heavy atom. The van der Waals surface area contributed by atoms with Crippen LogP contribution in [0.4, 0.5) is 23.1 Å². The number of hydrogen-bond acceptors (Lipinski definition) is 9. The van der Waals surface area contributed by atoms with Crippen LogP contribution in [0.2, 0.25) is 0 Å². The zero-order valence-electron chi connectivity index (χ0n) is 16.8. The number of benzene rings is 1. The number of nitrogens with one attached hydrogen (secondary N) is 4. The van der Waals surface area contributed by atoms with Gasteiger partial charge in [-0.25, -0.2) is 4.98 Å². The van der Waals surface area contributed by atoms with Gasteiger partial charge >= 0.3 is 0 Å². The Balaban J connectivity index is 1.86. The molecule has 0 radical (unpaired) electrons. The fraction of sp³-hybridized carbons (Fsp3) is 0.350. The molecule has 1 amide bonds. The lowest BCUT2D eigenvalue weighted by molar-refractivity contribution is 0.100. The molecule has 1 aromatic heterocycles. The van der Waals surface area contributed by atoms with E-state index in [1.807, 2.05) is 0 Å². The summed E-state index contributed by atoms with van der Waals surface area (Å²) in [5.41, 5.74) is 9.75. The second kappa shape index (κ2) is 10.2. The molecule has 6 N–H and O–H groups in total. The predicted molar refractivity (Wildman–Crippen MR) is 118 cm³/mol. The fourth-order valence-electron chi connectivity index (χ4n) is 3.30. The van der Waals surface area contributed by atoms with Crippen molar-refractivity contribution < 1.29 is 9.53 Å². The topological polar surface area (TPSA) is 150 Å². The Morgan fingerprint density at radius 2 is 2.03 bits per heavy atom. The summed E-state index contributed by atoms with van der Waals surface area (Å²) >= 11 is 0. The first kappa shape index (κ1) is 21.0. The van der Waals surface area contributed by atoms with Crippen LogP contribution in [0, 0.1) is 5.41 Å². The number of nitrogens with zero attached hydrogens (tertiary/aromatic N) is 3. The van der Waals surface area contributed by atoms with Crippen molar-refractivity contribution in [3.05, 3.63) is 30.0 Å². The molecule has 1 fully saturated rings. The first-order valence-electron chi connectivity index (χ1n) is 9.76. The number of aromatic nitrogens is 2. The Hall–Kier alpha value is -3.69. The maximum absolute atomic E-state index is 11.9. The van der Waals surface area contributed by atoms with Crippen LogP contribution >= 0.6 is 0 Å². The first-order valence-corrected chi connectivity index (χ1v) is 9.76. The second-order valence-electron chi connectivity index (χ2n) is 6.93. The van der Waals surface area contributed by atoms with E-state index in [0.29, 0.717) is 34.9 Å². The summed E-state index contributed by atoms with van der Waals surface area (Å²) in [5.74, 6) is 0.700. The molecule has 3 rings (SSSR count). The molecular formula is C20H26N8O2. The van der Waals surface area contributed by atoms with E-state index in [1.54, 1.807) is 25.3 Å². The van der Waals surface area contributed by atoms with E-state index in [-0.39, 0.29) is 5.56 Å². The van der Waals surface area contributed by atoms with Gasteiger partial charge in [-0.2, -0.15) is 10.1 Å². The van der Waals surface area contributed by atoms with Gasteiger partial charge in [0.05, 0.1) is 19.0 Å². The van der Waals surface area contributed by atoms with Gasteiger partial charge in [0, 0.05) is 36.3 Å². The Bertz CT molecular complexity index is 925. The first-order chi connectivity index (χ1) is 14.6. The number of anilines is 4. The highest BCUT2D eigenvalue weighted by atomic mass is 16.5. The minimum absolute atomic E-state index is 0.184. The third-order valence-electron chi connectivity index (χ3n) is 4.74. The van der Waals surface area contributed by atoms with Crippen LogP contribution in [0.5, 0.6) is 5.75 Å². The van der Waals surface area contributed by atoms with Gasteiger partial charge in [-0.15, -0.1) is 0 Å². The van der Waals surface area contributed by atoms with Crippen molar-refractivity contribution in [1.82, 2.24) is 9.97 Å². The molecule has 1 aliphatic rings. The molecular weight excluding hydrogens is 384 g/mol. The van der Waals surface area contributed by atoms with Gasteiger partial charge in [-0.1, -0.05) is 19.3 Å². The number of methoxy groups -OCH3 is 1. The molecule has 30 heavy (non-hydrogen) atoms. The Labute approximate surface area is 174 Å². The molecule has 0 spiro atoms. The summed E-state index contributed by atoms with van der Waals surface area (Å²) in [7, 11) is 1.55. The number of carbonyl (C=O) groups excluding carboxylic acids is 1. The van der Waals surface area contributed by atoms with E-state index in [2.05, 4.69) is 31.1 Å². The molecule has 1 aliphatic carbocycles. The highest BCUT2D eigenvalue weighted by Gasteiger charge is 2.17. The van der Waals surface area contributed by atoms with Crippen molar-refractivity contribution in [2.75, 3.05) is 23.2 Å². The highest BCUT2D eigenvalue weighted by molar-refractivity contribution is 6.14. The number of ether oxygens (including phenoxy) is 1. The van der Waals surface area contributed by atoms with Gasteiger partial charge in [-0.3, -0.25) is 10.2 Å². The number of rotatable bonds is 9. The van der Waals surface area contributed by atoms with Crippen molar-refractivity contribution in [2.45, 2.75) is 38.1 Å². The van der Waals surface area contributed by atoms with Crippen molar-refractivity contribution in [3.8, 4) is 5.75 Å². The van der Waals surface area contributed by atoms with Crippen LogP contribution in [-0.4, -0.2) is 41.5 Å². The summed E-state index contributed by atoms with van der Waals surface area (Å²) in [4.78, 5) is 20.6. The Kier molecular flexibility index (Phi) is 7.14. The largest absolute Gasteiger partial charge is 0.497 e. The smallest absolute Gasteiger partial charge is 0.254 e. The summed E-state index contributed by atoms with van der Waals surface area (Å²) in [5, 5.41) is 17.4. The van der Waals surface area contributed by atoms with Crippen LogP contribution in [0.3, 0.4) is 0 Å². The summed E-state index contributed by atoms with van der Waals surface area (Å²) in [6.07, 6.45) is 9.57. The van der Waals surface area contributed by atoms with Gasteiger partial charge in [0.15, 0.2) is 0 Å². The molecule has 0 atom stereocenters. The standard InChI is InChI=1S/C20H26N8O2/c1-30-16-10-14(9-15(11-16)28-24-8-7-21)25-19-17(18(22)29)12-23-20(27-19)26-13-5-3-2-4-6-13/h7-13,21,28H,2-6H2,1H3,(H2,22,29)(H2,23,25,26,27)/b21-7?,24-8-. The minimum Gasteiger partial charge on any atom is -0.497 e. The predicted octanol–water partition coefficient (Wildman–Crippen LogP) is 3.12. The summed E-state index contributed by atoms with van der Waals surface area (Å²) in [6.45, 7) is 0. The number of amides is 1. The van der Waals surface area contributed by atoms with E-state index in [1.165, 1.54) is 31.7 Å². The van der Waals surface area contributed by atoms with Crippen LogP contribution < -0.4 is 26.5 Å². The van der Waals surface area contributed by atoms with Crippen LogP contribution in [0.1, 0.15) is 42.5 Å². The van der Waals surface area contributed by atoms with Gasteiger partial charge < -0.3 is 26.5 Å². The monoisotopic (exact) mass is 410 g/mol. The molecule has 10 heteroatoms. The van der Waals surface area contributed by atoms with Gasteiger partial charge in [-0.05, 0) is 18.9 Å². The molecule has 0 unspecified atom stereocenters. The van der Waals surface area contributed by atoms with Crippen LogP contribution in [0.25, 0.3) is 0 Å². The normalized spacial score (nSPS) is 14.3. The van der Waals surface area contributed by atoms with Crippen LogP contribution in [0.15, 0.2) is 29.5 Å².